The number of amides is 1. The molecule has 1 N–H and O–H groups in total. The predicted octanol–water partition coefficient (Wildman–Crippen LogP) is 1.45. The average Bonchev–Trinajstić information content (AvgIpc) is 3.00. The number of hydrogen-bond acceptors (Lipinski definition) is 7. The molecule has 2 fully saturated rings. The summed E-state index contributed by atoms with van der Waals surface area (Å²) in [5, 5.41) is 3.06. The summed E-state index contributed by atoms with van der Waals surface area (Å²) in [5.74, 6) is 0.250. The first-order valence-corrected chi connectivity index (χ1v) is 9.86. The van der Waals surface area contributed by atoms with Gasteiger partial charge in [-0.25, -0.2) is 4.99 Å². The number of nitrogens with zero attached hydrogens (tertiary/aromatic N) is 4. The van der Waals surface area contributed by atoms with Gasteiger partial charge in [0.2, 0.25) is 0 Å². The number of rotatable bonds is 2. The van der Waals surface area contributed by atoms with Crippen molar-refractivity contribution in [2.24, 2.45) is 9.98 Å². The molecule has 8 nitrogen and oxygen atoms in total. The Bertz CT molecular complexity index is 715. The van der Waals surface area contributed by atoms with Crippen LogP contribution in [0.5, 0.6) is 0 Å². The van der Waals surface area contributed by atoms with Gasteiger partial charge >= 0.3 is 5.97 Å². The van der Waals surface area contributed by atoms with Crippen LogP contribution in [-0.4, -0.2) is 72.3 Å². The molecule has 3 aliphatic rings. The minimum Gasteiger partial charge on any atom is -0.456 e. The van der Waals surface area contributed by atoms with Gasteiger partial charge < -0.3 is 19.9 Å². The third kappa shape index (κ3) is 4.61. The van der Waals surface area contributed by atoms with E-state index in [2.05, 4.69) is 26.8 Å². The van der Waals surface area contributed by atoms with Crippen molar-refractivity contribution in [3.63, 3.8) is 0 Å². The molecule has 0 aromatic carbocycles. The highest BCUT2D eigenvalue weighted by Gasteiger charge is 2.45. The fourth-order valence-electron chi connectivity index (χ4n) is 4.29. The molecule has 0 aromatic rings. The van der Waals surface area contributed by atoms with E-state index in [1.807, 2.05) is 17.2 Å². The van der Waals surface area contributed by atoms with E-state index in [0.29, 0.717) is 19.8 Å². The highest BCUT2D eigenvalue weighted by molar-refractivity contribution is 6.03. The number of carbonyl (C=O) groups excluding carboxylic acids is 2. The van der Waals surface area contributed by atoms with E-state index in [9.17, 15) is 9.59 Å². The SMILES string of the molecule is C=C1/C=C\NC/N=C\N=C/1N1CCCCC2(CCCN2C(=O)COC(C)=O)C1. The maximum atomic E-state index is 12.8. The third-order valence-corrected chi connectivity index (χ3v) is 5.54. The molecule has 3 aliphatic heterocycles. The number of hydrogen-bond donors (Lipinski definition) is 1. The number of esters is 1. The minimum absolute atomic E-state index is 0.115. The van der Waals surface area contributed by atoms with Gasteiger partial charge in [-0.1, -0.05) is 6.58 Å². The summed E-state index contributed by atoms with van der Waals surface area (Å²) in [6.07, 6.45) is 10.2. The van der Waals surface area contributed by atoms with Crippen LogP contribution < -0.4 is 5.32 Å². The lowest BCUT2D eigenvalue weighted by Gasteiger charge is -2.41. The van der Waals surface area contributed by atoms with Gasteiger partial charge in [0.05, 0.1) is 5.54 Å². The molecule has 0 bridgehead atoms. The van der Waals surface area contributed by atoms with E-state index in [1.54, 1.807) is 6.34 Å². The molecule has 0 aliphatic carbocycles. The molecule has 3 heterocycles. The van der Waals surface area contributed by atoms with Gasteiger partial charge in [0, 0.05) is 32.1 Å². The maximum absolute atomic E-state index is 12.8. The van der Waals surface area contributed by atoms with E-state index in [0.717, 1.165) is 50.1 Å². The molecule has 0 aromatic heterocycles. The number of amidine groups is 1. The number of likely N-dealkylation sites (tertiary alicyclic amines) is 2. The van der Waals surface area contributed by atoms with Crippen molar-refractivity contribution in [3.8, 4) is 0 Å². The topological polar surface area (TPSA) is 86.6 Å². The molecule has 1 amide bonds. The molecule has 28 heavy (non-hydrogen) atoms. The van der Waals surface area contributed by atoms with Crippen LogP contribution in [0.2, 0.25) is 0 Å². The Hall–Kier alpha value is -2.64. The zero-order valence-corrected chi connectivity index (χ0v) is 16.5. The standard InChI is InChI=1S/C20H29N5O3/c1-16-6-9-21-14-22-15-23-19(16)24-10-4-3-7-20(13-24)8-5-11-25(20)18(27)12-28-17(2)26/h6,9,15,21H,1,3-5,7-8,10-14H2,2H3/b9-6-,22-15-,23-19+. The van der Waals surface area contributed by atoms with Crippen LogP contribution in [0.4, 0.5) is 0 Å². The molecule has 0 radical (unpaired) electrons. The van der Waals surface area contributed by atoms with Crippen molar-refractivity contribution in [1.29, 1.82) is 0 Å². The summed E-state index contributed by atoms with van der Waals surface area (Å²) in [4.78, 5) is 36.8. The Kier molecular flexibility index (Phi) is 6.49. The van der Waals surface area contributed by atoms with Crippen molar-refractivity contribution in [2.45, 2.75) is 44.6 Å². The molecule has 0 saturated carbocycles. The Balaban J connectivity index is 1.82. The minimum atomic E-state index is -0.431. The van der Waals surface area contributed by atoms with Gasteiger partial charge in [-0.15, -0.1) is 0 Å². The maximum Gasteiger partial charge on any atom is 0.303 e. The van der Waals surface area contributed by atoms with Crippen molar-refractivity contribution < 1.29 is 14.3 Å². The Morgan fingerprint density at radius 3 is 2.93 bits per heavy atom. The van der Waals surface area contributed by atoms with Crippen molar-refractivity contribution >= 4 is 24.1 Å². The lowest BCUT2D eigenvalue weighted by molar-refractivity contribution is -0.152. The number of carbonyl (C=O) groups is 2. The Labute approximate surface area is 166 Å². The van der Waals surface area contributed by atoms with Crippen molar-refractivity contribution in [3.05, 3.63) is 24.4 Å². The first kappa shape index (κ1) is 20.1. The molecule has 1 spiro atoms. The fraction of sp³-hybridized carbons (Fsp3) is 0.600. The van der Waals surface area contributed by atoms with E-state index in [1.165, 1.54) is 6.92 Å². The van der Waals surface area contributed by atoms with Crippen LogP contribution in [0.1, 0.15) is 39.0 Å². The summed E-state index contributed by atoms with van der Waals surface area (Å²) in [5.41, 5.74) is 0.558. The van der Waals surface area contributed by atoms with Crippen LogP contribution in [0.15, 0.2) is 34.4 Å². The van der Waals surface area contributed by atoms with Gasteiger partial charge in [0.25, 0.3) is 5.91 Å². The number of nitrogens with one attached hydrogen (secondary N) is 1. The van der Waals surface area contributed by atoms with Gasteiger partial charge in [0.1, 0.15) is 18.8 Å². The molecule has 1 atom stereocenters. The van der Waals surface area contributed by atoms with Gasteiger partial charge in [-0.05, 0) is 44.4 Å². The fourth-order valence-corrected chi connectivity index (χ4v) is 4.29. The zero-order valence-electron chi connectivity index (χ0n) is 16.5. The average molecular weight is 387 g/mol. The lowest BCUT2D eigenvalue weighted by atomic mass is 9.90. The zero-order chi connectivity index (χ0) is 20.0. The first-order valence-electron chi connectivity index (χ1n) is 9.86. The van der Waals surface area contributed by atoms with E-state index in [4.69, 9.17) is 4.74 Å². The Morgan fingerprint density at radius 1 is 1.29 bits per heavy atom. The number of aliphatic imine (C=N–C) groups is 2. The van der Waals surface area contributed by atoms with Crippen molar-refractivity contribution in [2.75, 3.05) is 32.9 Å². The summed E-state index contributed by atoms with van der Waals surface area (Å²) >= 11 is 0. The van der Waals surface area contributed by atoms with Gasteiger partial charge in [-0.2, -0.15) is 0 Å². The highest BCUT2D eigenvalue weighted by atomic mass is 16.5. The second-order valence-corrected chi connectivity index (χ2v) is 7.50. The summed E-state index contributed by atoms with van der Waals surface area (Å²) in [6.45, 7) is 8.04. The van der Waals surface area contributed by atoms with Crippen LogP contribution in [0, 0.1) is 0 Å². The normalized spacial score (nSPS) is 29.6. The van der Waals surface area contributed by atoms with Gasteiger partial charge in [0.15, 0.2) is 6.61 Å². The van der Waals surface area contributed by atoms with Gasteiger partial charge in [-0.3, -0.25) is 14.6 Å². The monoisotopic (exact) mass is 387 g/mol. The molecular weight excluding hydrogens is 358 g/mol. The molecule has 1 unspecified atom stereocenters. The predicted molar refractivity (Wildman–Crippen MR) is 108 cm³/mol. The second-order valence-electron chi connectivity index (χ2n) is 7.50. The quantitative estimate of drug-likeness (QED) is 0.725. The summed E-state index contributed by atoms with van der Waals surface area (Å²) in [7, 11) is 0. The third-order valence-electron chi connectivity index (χ3n) is 5.54. The van der Waals surface area contributed by atoms with Crippen molar-refractivity contribution in [1.82, 2.24) is 15.1 Å². The van der Waals surface area contributed by atoms with E-state index in [-0.39, 0.29) is 18.1 Å². The smallest absolute Gasteiger partial charge is 0.303 e. The summed E-state index contributed by atoms with van der Waals surface area (Å²) < 4.78 is 4.97. The molecule has 8 heteroatoms. The molecule has 152 valence electrons. The summed E-state index contributed by atoms with van der Waals surface area (Å²) in [6, 6.07) is 0. The molecule has 2 saturated heterocycles. The lowest BCUT2D eigenvalue weighted by Crippen LogP contribution is -2.55. The van der Waals surface area contributed by atoms with Crippen LogP contribution in [-0.2, 0) is 14.3 Å². The van der Waals surface area contributed by atoms with E-state index >= 15 is 0 Å². The Morgan fingerprint density at radius 2 is 2.11 bits per heavy atom. The molecular formula is C20H29N5O3. The van der Waals surface area contributed by atoms with Crippen LogP contribution in [0.25, 0.3) is 0 Å². The highest BCUT2D eigenvalue weighted by Crippen LogP contribution is 2.37. The van der Waals surface area contributed by atoms with E-state index < -0.39 is 5.97 Å². The first-order chi connectivity index (χ1) is 13.5. The van der Waals surface area contributed by atoms with Crippen LogP contribution in [0.3, 0.4) is 0 Å². The molecule has 3 rings (SSSR count). The largest absolute Gasteiger partial charge is 0.456 e. The van der Waals surface area contributed by atoms with Crippen LogP contribution >= 0.6 is 0 Å². The number of ether oxygens (including phenoxy) is 1. The second kappa shape index (κ2) is 9.03.